The van der Waals surface area contributed by atoms with Gasteiger partial charge in [0.05, 0.1) is 12.7 Å². The lowest BCUT2D eigenvalue weighted by atomic mass is 10.2. The number of nitrogens with zero attached hydrogens (tertiary/aromatic N) is 2. The Kier molecular flexibility index (Phi) is 5.29. The summed E-state index contributed by atoms with van der Waals surface area (Å²) >= 11 is 0. The number of aromatic nitrogens is 2. The van der Waals surface area contributed by atoms with Crippen LogP contribution >= 0.6 is 0 Å². The minimum absolute atomic E-state index is 0.0335. The maximum Gasteiger partial charge on any atom is 0.271 e. The number of rotatable bonds is 6. The van der Waals surface area contributed by atoms with E-state index in [4.69, 9.17) is 9.47 Å². The number of aromatic amines is 1. The van der Waals surface area contributed by atoms with Crippen molar-refractivity contribution in [2.45, 2.75) is 13.0 Å². The number of aryl methyl sites for hydroxylation is 1. The van der Waals surface area contributed by atoms with Gasteiger partial charge in [-0.2, -0.15) is 5.10 Å². The van der Waals surface area contributed by atoms with Gasteiger partial charge in [-0.1, -0.05) is 0 Å². The normalized spacial score (nSPS) is 18.9. The molecule has 1 atom stereocenters. The first-order chi connectivity index (χ1) is 10.1. The molecule has 21 heavy (non-hydrogen) atoms. The van der Waals surface area contributed by atoms with Crippen LogP contribution in [0.15, 0.2) is 6.07 Å². The second-order valence-corrected chi connectivity index (χ2v) is 4.91. The van der Waals surface area contributed by atoms with Gasteiger partial charge in [0.2, 0.25) is 5.91 Å². The van der Waals surface area contributed by atoms with Crippen molar-refractivity contribution in [3.05, 3.63) is 17.5 Å². The Morgan fingerprint density at radius 1 is 1.67 bits per heavy atom. The lowest BCUT2D eigenvalue weighted by Crippen LogP contribution is -2.51. The zero-order chi connectivity index (χ0) is 15.2. The summed E-state index contributed by atoms with van der Waals surface area (Å²) < 4.78 is 10.4. The molecule has 2 amide bonds. The van der Waals surface area contributed by atoms with Crippen LogP contribution < -0.4 is 5.32 Å². The first-order valence-corrected chi connectivity index (χ1v) is 6.78. The predicted molar refractivity (Wildman–Crippen MR) is 73.9 cm³/mol. The van der Waals surface area contributed by atoms with Crippen LogP contribution in [0, 0.1) is 6.92 Å². The Balaban J connectivity index is 1.80. The quantitative estimate of drug-likeness (QED) is 0.725. The third-order valence-electron chi connectivity index (χ3n) is 3.21. The number of amides is 2. The van der Waals surface area contributed by atoms with Gasteiger partial charge in [-0.3, -0.25) is 14.7 Å². The number of carbonyl (C=O) groups is 2. The molecule has 2 rings (SSSR count). The first kappa shape index (κ1) is 15.5. The molecule has 1 aromatic heterocycles. The van der Waals surface area contributed by atoms with E-state index in [9.17, 15) is 9.59 Å². The van der Waals surface area contributed by atoms with Crippen LogP contribution in [0.5, 0.6) is 0 Å². The number of morpholine rings is 1. The second-order valence-electron chi connectivity index (χ2n) is 4.91. The van der Waals surface area contributed by atoms with E-state index in [1.807, 2.05) is 6.92 Å². The van der Waals surface area contributed by atoms with Crippen LogP contribution in [-0.2, 0) is 14.3 Å². The molecule has 1 saturated heterocycles. The summed E-state index contributed by atoms with van der Waals surface area (Å²) in [6.07, 6.45) is -0.219. The minimum Gasteiger partial charge on any atom is -0.383 e. The maximum atomic E-state index is 11.9. The highest BCUT2D eigenvalue weighted by Crippen LogP contribution is 2.06. The summed E-state index contributed by atoms with van der Waals surface area (Å²) in [5.41, 5.74) is 1.17. The average Bonchev–Trinajstić information content (AvgIpc) is 2.91. The van der Waals surface area contributed by atoms with Crippen LogP contribution in [0.1, 0.15) is 16.2 Å². The molecular formula is C13H20N4O4. The lowest BCUT2D eigenvalue weighted by molar-refractivity contribution is -0.149. The number of hydrogen-bond donors (Lipinski definition) is 2. The summed E-state index contributed by atoms with van der Waals surface area (Å²) in [6.45, 7) is 3.65. The first-order valence-electron chi connectivity index (χ1n) is 6.78. The second kappa shape index (κ2) is 7.19. The van der Waals surface area contributed by atoms with E-state index < -0.39 is 0 Å². The van der Waals surface area contributed by atoms with Crippen molar-refractivity contribution in [1.82, 2.24) is 20.4 Å². The van der Waals surface area contributed by atoms with Gasteiger partial charge in [0.15, 0.2) is 0 Å². The molecule has 0 saturated carbocycles. The van der Waals surface area contributed by atoms with Crippen molar-refractivity contribution in [2.75, 3.05) is 40.0 Å². The molecule has 8 nitrogen and oxygen atoms in total. The molecule has 2 heterocycles. The number of H-pyrrole nitrogens is 1. The van der Waals surface area contributed by atoms with Crippen molar-refractivity contribution >= 4 is 11.8 Å². The molecular weight excluding hydrogens is 276 g/mol. The fourth-order valence-electron chi connectivity index (χ4n) is 2.05. The molecule has 1 aromatic rings. The Morgan fingerprint density at radius 2 is 2.48 bits per heavy atom. The summed E-state index contributed by atoms with van der Waals surface area (Å²) in [6, 6.07) is 1.67. The highest BCUT2D eigenvalue weighted by Gasteiger charge is 2.26. The Hall–Kier alpha value is -1.93. The van der Waals surface area contributed by atoms with Crippen molar-refractivity contribution in [3.63, 3.8) is 0 Å². The number of nitrogens with one attached hydrogen (secondary N) is 2. The standard InChI is InChI=1S/C13H20N4O4/c1-9-5-11(16-15-9)13(19)14-6-10-7-17(3-4-20-2)12(18)8-21-10/h5,10H,3-4,6-8H2,1-2H3,(H,14,19)(H,15,16). The van der Waals surface area contributed by atoms with Gasteiger partial charge in [-0.15, -0.1) is 0 Å². The number of carbonyl (C=O) groups excluding carboxylic acids is 2. The molecule has 0 aromatic carbocycles. The van der Waals surface area contributed by atoms with E-state index in [1.54, 1.807) is 18.1 Å². The van der Waals surface area contributed by atoms with Crippen LogP contribution in [0.2, 0.25) is 0 Å². The molecule has 2 N–H and O–H groups in total. The maximum absolute atomic E-state index is 11.9. The van der Waals surface area contributed by atoms with E-state index in [1.165, 1.54) is 0 Å². The van der Waals surface area contributed by atoms with Crippen LogP contribution in [0.4, 0.5) is 0 Å². The van der Waals surface area contributed by atoms with E-state index in [0.717, 1.165) is 5.69 Å². The van der Waals surface area contributed by atoms with Gasteiger partial charge in [0.25, 0.3) is 5.91 Å². The molecule has 1 fully saturated rings. The third kappa shape index (κ3) is 4.27. The zero-order valence-electron chi connectivity index (χ0n) is 12.2. The molecule has 0 spiro atoms. The molecule has 0 radical (unpaired) electrons. The van der Waals surface area contributed by atoms with Gasteiger partial charge in [-0.05, 0) is 13.0 Å². The summed E-state index contributed by atoms with van der Waals surface area (Å²) in [4.78, 5) is 25.2. The number of methoxy groups -OCH3 is 1. The Labute approximate surface area is 122 Å². The number of ether oxygens (including phenoxy) is 2. The van der Waals surface area contributed by atoms with Crippen LogP contribution in [-0.4, -0.2) is 73.0 Å². The highest BCUT2D eigenvalue weighted by molar-refractivity contribution is 5.92. The Bertz CT molecular complexity index is 502. The van der Waals surface area contributed by atoms with Gasteiger partial charge in [0.1, 0.15) is 12.3 Å². The van der Waals surface area contributed by atoms with Crippen LogP contribution in [0.3, 0.4) is 0 Å². The van der Waals surface area contributed by atoms with E-state index in [-0.39, 0.29) is 24.5 Å². The van der Waals surface area contributed by atoms with Gasteiger partial charge in [-0.25, -0.2) is 0 Å². The summed E-state index contributed by atoms with van der Waals surface area (Å²) in [5, 5.41) is 9.36. The molecule has 116 valence electrons. The highest BCUT2D eigenvalue weighted by atomic mass is 16.5. The minimum atomic E-state index is -0.261. The van der Waals surface area contributed by atoms with Gasteiger partial charge < -0.3 is 19.7 Å². The molecule has 1 aliphatic heterocycles. The van der Waals surface area contributed by atoms with E-state index in [2.05, 4.69) is 15.5 Å². The Morgan fingerprint density at radius 3 is 3.14 bits per heavy atom. The van der Waals surface area contributed by atoms with Crippen molar-refractivity contribution in [1.29, 1.82) is 0 Å². The van der Waals surface area contributed by atoms with Crippen molar-refractivity contribution in [2.24, 2.45) is 0 Å². The molecule has 1 unspecified atom stereocenters. The summed E-state index contributed by atoms with van der Waals surface area (Å²) in [5.74, 6) is -0.319. The smallest absolute Gasteiger partial charge is 0.271 e. The predicted octanol–water partition coefficient (Wildman–Crippen LogP) is -0.678. The van der Waals surface area contributed by atoms with Gasteiger partial charge in [0, 0.05) is 32.4 Å². The molecule has 0 aliphatic carbocycles. The summed E-state index contributed by atoms with van der Waals surface area (Å²) in [7, 11) is 1.59. The van der Waals surface area contributed by atoms with E-state index in [0.29, 0.717) is 31.9 Å². The molecule has 1 aliphatic rings. The fourth-order valence-corrected chi connectivity index (χ4v) is 2.05. The van der Waals surface area contributed by atoms with Crippen LogP contribution in [0.25, 0.3) is 0 Å². The average molecular weight is 296 g/mol. The lowest BCUT2D eigenvalue weighted by Gasteiger charge is -2.32. The topological polar surface area (TPSA) is 96.6 Å². The fraction of sp³-hybridized carbons (Fsp3) is 0.615. The van der Waals surface area contributed by atoms with E-state index >= 15 is 0 Å². The zero-order valence-corrected chi connectivity index (χ0v) is 12.2. The SMILES string of the molecule is COCCN1CC(CNC(=O)c2cc(C)[nH]n2)OCC1=O. The monoisotopic (exact) mass is 296 g/mol. The van der Waals surface area contributed by atoms with Crippen molar-refractivity contribution < 1.29 is 19.1 Å². The third-order valence-corrected chi connectivity index (χ3v) is 3.21. The van der Waals surface area contributed by atoms with Gasteiger partial charge >= 0.3 is 0 Å². The molecule has 0 bridgehead atoms. The van der Waals surface area contributed by atoms with Crippen molar-refractivity contribution in [3.8, 4) is 0 Å². The number of hydrogen-bond acceptors (Lipinski definition) is 5. The largest absolute Gasteiger partial charge is 0.383 e. The molecule has 8 heteroatoms.